The van der Waals surface area contributed by atoms with Gasteiger partial charge in [0.15, 0.2) is 0 Å². The lowest BCUT2D eigenvalue weighted by Gasteiger charge is -2.19. The quantitative estimate of drug-likeness (QED) is 0.679. The van der Waals surface area contributed by atoms with Crippen molar-refractivity contribution in [2.75, 3.05) is 0 Å². The number of hydrogen-bond donors (Lipinski definition) is 2. The van der Waals surface area contributed by atoms with Crippen LogP contribution in [0.25, 0.3) is 0 Å². The van der Waals surface area contributed by atoms with E-state index in [9.17, 15) is 4.79 Å². The second kappa shape index (κ2) is 6.08. The van der Waals surface area contributed by atoms with Crippen molar-refractivity contribution in [3.8, 4) is 0 Å². The lowest BCUT2D eigenvalue weighted by atomic mass is 10.00. The molecule has 1 rings (SSSR count). The van der Waals surface area contributed by atoms with Crippen molar-refractivity contribution >= 4 is 5.91 Å². The Balaban J connectivity index is 2.22. The van der Waals surface area contributed by atoms with Crippen molar-refractivity contribution < 1.29 is 9.63 Å². The van der Waals surface area contributed by atoms with E-state index in [1.54, 1.807) is 0 Å². The minimum Gasteiger partial charge on any atom is -0.320 e. The van der Waals surface area contributed by atoms with Crippen molar-refractivity contribution in [1.82, 2.24) is 5.48 Å². The van der Waals surface area contributed by atoms with Gasteiger partial charge in [0, 0.05) is 0 Å². The summed E-state index contributed by atoms with van der Waals surface area (Å²) >= 11 is 0. The van der Waals surface area contributed by atoms with Gasteiger partial charge in [-0.25, -0.2) is 5.48 Å². The van der Waals surface area contributed by atoms with Gasteiger partial charge in [-0.05, 0) is 18.8 Å². The molecule has 1 fully saturated rings. The van der Waals surface area contributed by atoms with E-state index >= 15 is 0 Å². The first-order chi connectivity index (χ1) is 7.15. The lowest BCUT2D eigenvalue weighted by Crippen LogP contribution is -2.45. The number of carbonyl (C=O) groups excluding carboxylic acids is 1. The van der Waals surface area contributed by atoms with Crippen LogP contribution in [0.1, 0.15) is 46.0 Å². The highest BCUT2D eigenvalue weighted by Gasteiger charge is 2.22. The van der Waals surface area contributed by atoms with Crippen LogP contribution in [0.2, 0.25) is 0 Å². The Kier molecular flexibility index (Phi) is 5.05. The molecule has 1 aliphatic rings. The summed E-state index contributed by atoms with van der Waals surface area (Å²) in [4.78, 5) is 16.8. The van der Waals surface area contributed by atoms with Crippen LogP contribution in [-0.2, 0) is 9.63 Å². The van der Waals surface area contributed by atoms with Gasteiger partial charge in [0.1, 0.15) is 0 Å². The first-order valence-electron chi connectivity index (χ1n) is 5.86. The van der Waals surface area contributed by atoms with Gasteiger partial charge in [-0.2, -0.15) is 0 Å². The maximum atomic E-state index is 11.5. The van der Waals surface area contributed by atoms with Crippen molar-refractivity contribution in [1.29, 1.82) is 0 Å². The summed E-state index contributed by atoms with van der Waals surface area (Å²) < 4.78 is 0. The molecule has 0 heterocycles. The van der Waals surface area contributed by atoms with Crippen molar-refractivity contribution in [2.24, 2.45) is 11.7 Å². The number of hydroxylamine groups is 1. The van der Waals surface area contributed by atoms with Gasteiger partial charge in [0.25, 0.3) is 5.91 Å². The summed E-state index contributed by atoms with van der Waals surface area (Å²) in [6, 6.07) is -0.462. The number of nitrogens with one attached hydrogen (secondary N) is 1. The second-order valence-electron chi connectivity index (χ2n) is 4.40. The van der Waals surface area contributed by atoms with E-state index in [1.807, 2.05) is 13.8 Å². The minimum atomic E-state index is -0.462. The predicted octanol–water partition coefficient (Wildman–Crippen LogP) is 1.35. The van der Waals surface area contributed by atoms with Gasteiger partial charge >= 0.3 is 0 Å². The molecule has 88 valence electrons. The molecule has 0 spiro atoms. The van der Waals surface area contributed by atoms with Crippen molar-refractivity contribution in [3.05, 3.63) is 0 Å². The van der Waals surface area contributed by atoms with E-state index < -0.39 is 6.04 Å². The average molecular weight is 214 g/mol. The maximum Gasteiger partial charge on any atom is 0.260 e. The molecule has 1 aliphatic carbocycles. The van der Waals surface area contributed by atoms with Crippen LogP contribution in [0.3, 0.4) is 0 Å². The lowest BCUT2D eigenvalue weighted by molar-refractivity contribution is -0.140. The topological polar surface area (TPSA) is 64.4 Å². The van der Waals surface area contributed by atoms with Gasteiger partial charge in [0.05, 0.1) is 12.1 Å². The zero-order valence-electron chi connectivity index (χ0n) is 9.66. The third-order valence-electron chi connectivity index (χ3n) is 3.19. The molecular weight excluding hydrogens is 192 g/mol. The van der Waals surface area contributed by atoms with Crippen LogP contribution in [0.5, 0.6) is 0 Å². The minimum absolute atomic E-state index is 0.192. The normalized spacial score (nSPS) is 21.3. The van der Waals surface area contributed by atoms with Crippen LogP contribution in [0.4, 0.5) is 0 Å². The molecule has 2 atom stereocenters. The Labute approximate surface area is 91.5 Å². The summed E-state index contributed by atoms with van der Waals surface area (Å²) in [6.45, 7) is 4.00. The number of nitrogens with two attached hydrogens (primary N) is 1. The first kappa shape index (κ1) is 12.5. The second-order valence-corrected chi connectivity index (χ2v) is 4.40. The molecule has 2 unspecified atom stereocenters. The van der Waals surface area contributed by atoms with Crippen LogP contribution < -0.4 is 11.2 Å². The molecule has 0 aromatic rings. The zero-order valence-corrected chi connectivity index (χ0v) is 9.66. The third kappa shape index (κ3) is 3.80. The van der Waals surface area contributed by atoms with E-state index in [-0.39, 0.29) is 17.9 Å². The summed E-state index contributed by atoms with van der Waals surface area (Å²) in [5.74, 6) is -0.00609. The van der Waals surface area contributed by atoms with Crippen molar-refractivity contribution in [2.45, 2.75) is 58.1 Å². The fourth-order valence-electron chi connectivity index (χ4n) is 1.73. The average Bonchev–Trinajstić information content (AvgIpc) is 2.76. The molecule has 1 amide bonds. The Hall–Kier alpha value is -0.610. The highest BCUT2D eigenvalue weighted by Crippen LogP contribution is 2.19. The first-order valence-corrected chi connectivity index (χ1v) is 5.86. The van der Waals surface area contributed by atoms with Crippen LogP contribution in [-0.4, -0.2) is 18.1 Å². The number of hydrogen-bond acceptors (Lipinski definition) is 3. The standard InChI is InChI=1S/C11H22N2O2/c1-3-8(2)10(12)11(14)13-15-9-6-4-5-7-9/h8-10H,3-7,12H2,1-2H3,(H,13,14). The molecule has 0 radical (unpaired) electrons. The van der Waals surface area contributed by atoms with Gasteiger partial charge in [0.2, 0.25) is 0 Å². The molecule has 3 N–H and O–H groups in total. The summed E-state index contributed by atoms with van der Waals surface area (Å²) in [7, 11) is 0. The molecule has 0 saturated heterocycles. The Morgan fingerprint density at radius 1 is 1.53 bits per heavy atom. The van der Waals surface area contributed by atoms with Gasteiger partial charge < -0.3 is 5.73 Å². The SMILES string of the molecule is CCC(C)C(N)C(=O)NOC1CCCC1. The molecule has 0 aromatic carbocycles. The monoisotopic (exact) mass is 214 g/mol. The van der Waals surface area contributed by atoms with Crippen molar-refractivity contribution in [3.63, 3.8) is 0 Å². The number of carbonyl (C=O) groups is 1. The Bertz CT molecular complexity index is 203. The van der Waals surface area contributed by atoms with Gasteiger partial charge in [-0.1, -0.05) is 33.1 Å². The maximum absolute atomic E-state index is 11.5. The largest absolute Gasteiger partial charge is 0.320 e. The molecule has 4 nitrogen and oxygen atoms in total. The molecule has 1 saturated carbocycles. The van der Waals surface area contributed by atoms with Gasteiger partial charge in [-0.3, -0.25) is 9.63 Å². The van der Waals surface area contributed by atoms with Crippen LogP contribution in [0.15, 0.2) is 0 Å². The fraction of sp³-hybridized carbons (Fsp3) is 0.909. The Morgan fingerprint density at radius 3 is 2.67 bits per heavy atom. The van der Waals surface area contributed by atoms with E-state index in [0.29, 0.717) is 0 Å². The molecular formula is C11H22N2O2. The van der Waals surface area contributed by atoms with Gasteiger partial charge in [-0.15, -0.1) is 0 Å². The molecule has 15 heavy (non-hydrogen) atoms. The van der Waals surface area contributed by atoms with E-state index in [0.717, 1.165) is 19.3 Å². The Morgan fingerprint density at radius 2 is 2.13 bits per heavy atom. The van der Waals surface area contributed by atoms with Crippen LogP contribution >= 0.6 is 0 Å². The number of amides is 1. The zero-order chi connectivity index (χ0) is 11.3. The highest BCUT2D eigenvalue weighted by molar-refractivity contribution is 5.80. The highest BCUT2D eigenvalue weighted by atomic mass is 16.7. The smallest absolute Gasteiger partial charge is 0.260 e. The predicted molar refractivity (Wildman–Crippen MR) is 58.9 cm³/mol. The molecule has 4 heteroatoms. The fourth-order valence-corrected chi connectivity index (χ4v) is 1.73. The van der Waals surface area contributed by atoms with Crippen LogP contribution in [0, 0.1) is 5.92 Å². The van der Waals surface area contributed by atoms with E-state index in [1.165, 1.54) is 12.8 Å². The van der Waals surface area contributed by atoms with E-state index in [4.69, 9.17) is 10.6 Å². The molecule has 0 aromatic heterocycles. The summed E-state index contributed by atoms with van der Waals surface area (Å²) in [5, 5.41) is 0. The summed E-state index contributed by atoms with van der Waals surface area (Å²) in [6.07, 6.45) is 5.56. The third-order valence-corrected chi connectivity index (χ3v) is 3.19. The molecule has 0 aliphatic heterocycles. The number of rotatable bonds is 5. The molecule has 0 bridgehead atoms. The summed E-state index contributed by atoms with van der Waals surface area (Å²) in [5.41, 5.74) is 8.24. The van der Waals surface area contributed by atoms with E-state index in [2.05, 4.69) is 5.48 Å².